The molecular weight excluding hydrogens is 408 g/mol. The molecule has 0 saturated carbocycles. The molecule has 150 valence electrons. The first-order valence-electron chi connectivity index (χ1n) is 8.79. The Kier molecular flexibility index (Phi) is 4.84. The third-order valence-corrected chi connectivity index (χ3v) is 5.45. The smallest absolute Gasteiger partial charge is 0.301 e. The minimum absolute atomic E-state index is 0.165. The average Bonchev–Trinajstić information content (AvgIpc) is 3.29. The van der Waals surface area contributed by atoms with E-state index in [2.05, 4.69) is 10.2 Å². The van der Waals surface area contributed by atoms with Gasteiger partial charge in [0.05, 0.1) is 16.5 Å². The average molecular weight is 422 g/mol. The number of carbonyl (C=O) groups excluding carboxylic acids is 2. The Balaban J connectivity index is 1.97. The number of anilines is 1. The summed E-state index contributed by atoms with van der Waals surface area (Å²) in [5, 5.41) is 30.8. The van der Waals surface area contributed by atoms with E-state index < -0.39 is 22.7 Å². The van der Waals surface area contributed by atoms with Gasteiger partial charge in [-0.3, -0.25) is 24.6 Å². The van der Waals surface area contributed by atoms with Crippen LogP contribution in [0.4, 0.5) is 10.8 Å². The molecule has 9 nitrogen and oxygen atoms in total. The second-order valence-corrected chi connectivity index (χ2v) is 7.65. The van der Waals surface area contributed by atoms with Gasteiger partial charge in [-0.2, -0.15) is 0 Å². The fourth-order valence-corrected chi connectivity index (χ4v) is 4.00. The van der Waals surface area contributed by atoms with E-state index in [9.17, 15) is 24.8 Å². The predicted octanol–water partition coefficient (Wildman–Crippen LogP) is 3.38. The third-order valence-electron chi connectivity index (χ3n) is 4.61. The fourth-order valence-electron chi connectivity index (χ4n) is 3.29. The van der Waals surface area contributed by atoms with Gasteiger partial charge in [-0.25, -0.2) is 0 Å². The Morgan fingerprint density at radius 3 is 2.50 bits per heavy atom. The maximum absolute atomic E-state index is 12.9. The number of hydrogen-bond acceptors (Lipinski definition) is 8. The van der Waals surface area contributed by atoms with Crippen molar-refractivity contribution < 1.29 is 19.6 Å². The van der Waals surface area contributed by atoms with E-state index in [1.165, 1.54) is 18.2 Å². The summed E-state index contributed by atoms with van der Waals surface area (Å²) < 4.78 is 0. The molecule has 0 bridgehead atoms. The number of aromatic nitrogens is 2. The first kappa shape index (κ1) is 19.4. The molecular formula is C20H14N4O5S. The zero-order chi connectivity index (χ0) is 21.4. The van der Waals surface area contributed by atoms with Gasteiger partial charge in [-0.1, -0.05) is 53.8 Å². The molecule has 1 aliphatic heterocycles. The van der Waals surface area contributed by atoms with Crippen LogP contribution in [0.25, 0.3) is 5.76 Å². The van der Waals surface area contributed by atoms with E-state index in [4.69, 9.17) is 0 Å². The fraction of sp³-hybridized carbons (Fsp3) is 0.100. The van der Waals surface area contributed by atoms with E-state index >= 15 is 0 Å². The summed E-state index contributed by atoms with van der Waals surface area (Å²) >= 11 is 1.10. The van der Waals surface area contributed by atoms with Crippen molar-refractivity contribution in [2.24, 2.45) is 0 Å². The number of carbonyl (C=O) groups is 2. The van der Waals surface area contributed by atoms with Gasteiger partial charge in [0.25, 0.3) is 11.5 Å². The topological polar surface area (TPSA) is 127 Å². The number of benzene rings is 2. The first-order valence-corrected chi connectivity index (χ1v) is 9.61. The molecule has 10 heteroatoms. The van der Waals surface area contributed by atoms with Crippen molar-refractivity contribution in [3.63, 3.8) is 0 Å². The molecule has 2 heterocycles. The molecule has 1 fully saturated rings. The van der Waals surface area contributed by atoms with Crippen LogP contribution < -0.4 is 4.90 Å². The molecule has 1 aliphatic rings. The molecule has 1 atom stereocenters. The standard InChI is InChI=1S/C20H14N4O5S/c1-11-21-22-20(30-11)23-16(13-8-5-9-14(10-13)24(28)29)15(18(26)19(23)27)17(25)12-6-3-2-4-7-12/h2-10,16,25H,1H3/b17-15+. The zero-order valence-corrected chi connectivity index (χ0v) is 16.4. The molecule has 0 spiro atoms. The van der Waals surface area contributed by atoms with Gasteiger partial charge in [0, 0.05) is 17.7 Å². The van der Waals surface area contributed by atoms with E-state index in [1.54, 1.807) is 43.3 Å². The molecule has 1 unspecified atom stereocenters. The molecule has 4 rings (SSSR count). The summed E-state index contributed by atoms with van der Waals surface area (Å²) in [6.45, 7) is 1.70. The van der Waals surface area contributed by atoms with Crippen LogP contribution in [0.15, 0.2) is 60.2 Å². The van der Waals surface area contributed by atoms with Crippen molar-refractivity contribution in [3.8, 4) is 0 Å². The van der Waals surface area contributed by atoms with Crippen LogP contribution in [0, 0.1) is 17.0 Å². The van der Waals surface area contributed by atoms with Crippen LogP contribution in [0.3, 0.4) is 0 Å². The van der Waals surface area contributed by atoms with Gasteiger partial charge in [0.2, 0.25) is 5.13 Å². The highest BCUT2D eigenvalue weighted by atomic mass is 32.1. The number of aryl methyl sites for hydroxylation is 1. The molecule has 0 aliphatic carbocycles. The number of Topliss-reactive ketones (excluding diaryl/α,β-unsaturated/α-hetero) is 1. The summed E-state index contributed by atoms with van der Waals surface area (Å²) in [6, 6.07) is 12.8. The zero-order valence-electron chi connectivity index (χ0n) is 15.6. The van der Waals surface area contributed by atoms with E-state index in [1.807, 2.05) is 0 Å². The van der Waals surface area contributed by atoms with Gasteiger partial charge in [0.15, 0.2) is 0 Å². The number of aliphatic hydroxyl groups excluding tert-OH is 1. The lowest BCUT2D eigenvalue weighted by Crippen LogP contribution is -2.29. The highest BCUT2D eigenvalue weighted by molar-refractivity contribution is 7.15. The highest BCUT2D eigenvalue weighted by Crippen LogP contribution is 2.43. The number of rotatable bonds is 4. The summed E-state index contributed by atoms with van der Waals surface area (Å²) in [5.41, 5.74) is 0.277. The van der Waals surface area contributed by atoms with E-state index in [-0.39, 0.29) is 22.2 Å². The summed E-state index contributed by atoms with van der Waals surface area (Å²) in [5.74, 6) is -2.16. The Labute approximate surface area is 174 Å². The van der Waals surface area contributed by atoms with Gasteiger partial charge < -0.3 is 5.11 Å². The lowest BCUT2D eigenvalue weighted by atomic mass is 9.95. The van der Waals surface area contributed by atoms with E-state index in [0.29, 0.717) is 16.1 Å². The summed E-state index contributed by atoms with van der Waals surface area (Å²) in [7, 11) is 0. The third kappa shape index (κ3) is 3.22. The van der Waals surface area contributed by atoms with Crippen LogP contribution in [0.5, 0.6) is 0 Å². The van der Waals surface area contributed by atoms with E-state index in [0.717, 1.165) is 16.2 Å². The normalized spacial score (nSPS) is 18.0. The lowest BCUT2D eigenvalue weighted by molar-refractivity contribution is -0.384. The van der Waals surface area contributed by atoms with Gasteiger partial charge in [-0.15, -0.1) is 10.2 Å². The minimum Gasteiger partial charge on any atom is -0.507 e. The molecule has 1 amide bonds. The number of ketones is 1. The SMILES string of the molecule is Cc1nnc(N2C(=O)C(=O)/C(=C(/O)c3ccccc3)C2c2cccc([N+](=O)[O-])c2)s1. The predicted molar refractivity (Wildman–Crippen MR) is 109 cm³/mol. The van der Waals surface area contributed by atoms with Crippen molar-refractivity contribution in [3.05, 3.63) is 86.4 Å². The van der Waals surface area contributed by atoms with Gasteiger partial charge >= 0.3 is 5.91 Å². The Hall–Kier alpha value is -3.92. The van der Waals surface area contributed by atoms with Crippen LogP contribution >= 0.6 is 11.3 Å². The monoisotopic (exact) mass is 422 g/mol. The molecule has 2 aromatic carbocycles. The van der Waals surface area contributed by atoms with Gasteiger partial charge in [0.1, 0.15) is 10.8 Å². The molecule has 0 radical (unpaired) electrons. The maximum Gasteiger partial charge on any atom is 0.301 e. The van der Waals surface area contributed by atoms with Crippen LogP contribution in [0.2, 0.25) is 0 Å². The van der Waals surface area contributed by atoms with Crippen molar-refractivity contribution >= 4 is 39.6 Å². The highest BCUT2D eigenvalue weighted by Gasteiger charge is 2.48. The molecule has 1 saturated heterocycles. The molecule has 3 aromatic rings. The Bertz CT molecular complexity index is 1200. The quantitative estimate of drug-likeness (QED) is 0.224. The second kappa shape index (κ2) is 7.48. The Morgan fingerprint density at radius 2 is 1.87 bits per heavy atom. The van der Waals surface area contributed by atoms with Crippen LogP contribution in [-0.2, 0) is 9.59 Å². The second-order valence-electron chi connectivity index (χ2n) is 6.49. The number of aliphatic hydroxyl groups is 1. The van der Waals surface area contributed by atoms with Crippen molar-refractivity contribution in [2.75, 3.05) is 4.90 Å². The lowest BCUT2D eigenvalue weighted by Gasteiger charge is -2.22. The minimum atomic E-state index is -1.09. The Morgan fingerprint density at radius 1 is 1.13 bits per heavy atom. The first-order chi connectivity index (χ1) is 14.4. The number of amides is 1. The molecule has 1 aromatic heterocycles. The number of hydrogen-bond donors (Lipinski definition) is 1. The maximum atomic E-state index is 12.9. The number of nitrogens with zero attached hydrogens (tertiary/aromatic N) is 4. The number of non-ortho nitro benzene ring substituents is 1. The van der Waals surface area contributed by atoms with Crippen molar-refractivity contribution in [2.45, 2.75) is 13.0 Å². The largest absolute Gasteiger partial charge is 0.507 e. The number of nitro benzene ring substituents is 1. The van der Waals surface area contributed by atoms with Crippen molar-refractivity contribution in [1.82, 2.24) is 10.2 Å². The van der Waals surface area contributed by atoms with Gasteiger partial charge in [-0.05, 0) is 12.5 Å². The van der Waals surface area contributed by atoms with Crippen LogP contribution in [-0.4, -0.2) is 31.9 Å². The van der Waals surface area contributed by atoms with Crippen molar-refractivity contribution in [1.29, 1.82) is 0 Å². The molecule has 30 heavy (non-hydrogen) atoms. The summed E-state index contributed by atoms with van der Waals surface area (Å²) in [6.07, 6.45) is 0. The summed E-state index contributed by atoms with van der Waals surface area (Å²) in [4.78, 5) is 37.6. The molecule has 1 N–H and O–H groups in total. The number of nitro groups is 1. The van der Waals surface area contributed by atoms with Crippen LogP contribution in [0.1, 0.15) is 22.2 Å².